The van der Waals surface area contributed by atoms with Gasteiger partial charge in [-0.25, -0.2) is 0 Å². The molecule has 5 aliphatic carbocycles. The number of aliphatic carboxylic acids is 1. The Balaban J connectivity index is 1.16. The van der Waals surface area contributed by atoms with Gasteiger partial charge in [0, 0.05) is 34.9 Å². The number of nitro benzene ring substituents is 4. The molecular weight excluding hydrogens is 764 g/mol. The fourth-order valence-electron chi connectivity index (χ4n) is 13.6. The highest BCUT2D eigenvalue weighted by atomic mass is 16.6. The Morgan fingerprint density at radius 3 is 1.86 bits per heavy atom. The maximum absolute atomic E-state index is 13.4. The highest BCUT2D eigenvalue weighted by Crippen LogP contribution is 2.77. The summed E-state index contributed by atoms with van der Waals surface area (Å²) in [7, 11) is 0. The molecule has 0 radical (unpaired) electrons. The second kappa shape index (κ2) is 14.3. The zero-order valence-corrected chi connectivity index (χ0v) is 34.2. The van der Waals surface area contributed by atoms with Crippen LogP contribution in [0, 0.1) is 97.1 Å². The molecule has 0 bridgehead atoms. The van der Waals surface area contributed by atoms with Crippen LogP contribution in [0.5, 0.6) is 0 Å². The number of hydrogen-bond donors (Lipinski definition) is 3. The van der Waals surface area contributed by atoms with Crippen molar-refractivity contribution in [3.8, 4) is 0 Å². The molecule has 0 spiro atoms. The van der Waals surface area contributed by atoms with E-state index in [1.165, 1.54) is 24.3 Å². The highest BCUT2D eigenvalue weighted by molar-refractivity contribution is 5.92. The van der Waals surface area contributed by atoms with Crippen LogP contribution in [-0.2, 0) is 4.79 Å². The van der Waals surface area contributed by atoms with Gasteiger partial charge in [0.15, 0.2) is 0 Å². The Labute approximate surface area is 340 Å². The largest absolute Gasteiger partial charge is 0.481 e. The zero-order chi connectivity index (χ0) is 43.0. The molecule has 7 rings (SSSR count). The molecule has 0 aliphatic heterocycles. The van der Waals surface area contributed by atoms with E-state index in [0.717, 1.165) is 56.4 Å². The molecule has 59 heavy (non-hydrogen) atoms. The Morgan fingerprint density at radius 1 is 0.712 bits per heavy atom. The molecule has 5 aliphatic rings. The number of nitrogens with zero attached hydrogens (tertiary/aromatic N) is 6. The van der Waals surface area contributed by atoms with Crippen LogP contribution in [-0.4, -0.2) is 42.2 Å². The van der Waals surface area contributed by atoms with Crippen molar-refractivity contribution in [3.63, 3.8) is 0 Å². The second-order valence-electron chi connectivity index (χ2n) is 19.0. The molecule has 5 fully saturated rings. The third-order valence-electron chi connectivity index (χ3n) is 16.6. The van der Waals surface area contributed by atoms with Crippen molar-refractivity contribution in [3.05, 3.63) is 76.9 Å². The van der Waals surface area contributed by atoms with Gasteiger partial charge < -0.3 is 5.11 Å². The van der Waals surface area contributed by atoms with Crippen molar-refractivity contribution in [2.24, 2.45) is 66.9 Å². The molecule has 0 unspecified atom stereocenters. The van der Waals surface area contributed by atoms with Crippen molar-refractivity contribution in [2.45, 2.75) is 106 Å². The molecule has 0 saturated heterocycles. The average molecular weight is 817 g/mol. The van der Waals surface area contributed by atoms with E-state index >= 15 is 0 Å². The number of rotatable bonds is 10. The minimum atomic E-state index is -0.917. The van der Waals surface area contributed by atoms with Gasteiger partial charge in [-0.2, -0.15) is 10.2 Å². The number of anilines is 2. The van der Waals surface area contributed by atoms with Crippen LogP contribution in [0.25, 0.3) is 0 Å². The van der Waals surface area contributed by atoms with Crippen molar-refractivity contribution in [2.75, 3.05) is 10.9 Å². The van der Waals surface area contributed by atoms with E-state index in [0.29, 0.717) is 37.3 Å². The number of nitro groups is 4. The van der Waals surface area contributed by atoms with Crippen molar-refractivity contribution >= 4 is 51.5 Å². The summed E-state index contributed by atoms with van der Waals surface area (Å²) in [5, 5.41) is 66.5. The van der Waals surface area contributed by atoms with Crippen molar-refractivity contribution in [1.29, 1.82) is 0 Å². The minimum absolute atomic E-state index is 0.0148. The smallest absolute Gasteiger partial charge is 0.309 e. The fourth-order valence-corrected chi connectivity index (χ4v) is 13.6. The molecule has 0 heterocycles. The van der Waals surface area contributed by atoms with Crippen LogP contribution in [0.3, 0.4) is 0 Å². The number of non-ortho nitro benzene ring substituents is 2. The van der Waals surface area contributed by atoms with E-state index in [-0.39, 0.29) is 62.4 Å². The summed E-state index contributed by atoms with van der Waals surface area (Å²) in [6, 6.07) is 6.82. The van der Waals surface area contributed by atoms with E-state index in [1.807, 2.05) is 6.92 Å². The monoisotopic (exact) mass is 816 g/mol. The molecule has 316 valence electrons. The van der Waals surface area contributed by atoms with Gasteiger partial charge >= 0.3 is 17.3 Å². The first-order valence-corrected chi connectivity index (χ1v) is 20.3. The molecule has 18 nitrogen and oxygen atoms in total. The first-order chi connectivity index (χ1) is 27.6. The summed E-state index contributed by atoms with van der Waals surface area (Å²) in [5.74, 6) is -0.477. The molecule has 0 amide bonds. The normalized spacial score (nSPS) is 35.3. The van der Waals surface area contributed by atoms with Gasteiger partial charge in [0.05, 0.1) is 37.2 Å². The van der Waals surface area contributed by atoms with Crippen LogP contribution in [0.15, 0.2) is 46.6 Å². The summed E-state index contributed by atoms with van der Waals surface area (Å²) in [6.07, 6.45) is 7.67. The Hall–Kier alpha value is -5.55. The summed E-state index contributed by atoms with van der Waals surface area (Å²) < 4.78 is 0. The van der Waals surface area contributed by atoms with E-state index < -0.39 is 48.1 Å². The third kappa shape index (κ3) is 6.31. The van der Waals surface area contributed by atoms with Gasteiger partial charge in [-0.15, -0.1) is 0 Å². The van der Waals surface area contributed by atoms with E-state index in [4.69, 9.17) is 5.10 Å². The second-order valence-corrected chi connectivity index (χ2v) is 19.0. The first kappa shape index (κ1) is 41.6. The van der Waals surface area contributed by atoms with Crippen LogP contribution < -0.4 is 10.9 Å². The Kier molecular flexibility index (Phi) is 10.1. The first-order valence-electron chi connectivity index (χ1n) is 20.3. The zero-order valence-electron chi connectivity index (χ0n) is 34.2. The number of hydrogen-bond acceptors (Lipinski definition) is 13. The number of carbonyl (C=O) groups is 1. The molecule has 18 heteroatoms. The quantitative estimate of drug-likeness (QED) is 0.115. The fraction of sp³-hybridized carbons (Fsp3) is 0.634. The average Bonchev–Trinajstić information content (AvgIpc) is 3.58. The SMILES string of the molecule is C/C(=N\Nc1ccc([N+](=O)[O-])cc1[N+](=O)[O-])[C@@H]1CC[C@]2(C(=O)O)CC[C@]3(C)[C@H](CC[C@@H]4[C@@]5(C)CC/C(=N/Nc6ccc([N+](=O)[O-])cc6[N+](=O)[O-])C(C)(C)[C@@H]5CC[C@]43C)[C@@H]12. The van der Waals surface area contributed by atoms with E-state index in [2.05, 4.69) is 50.6 Å². The lowest BCUT2D eigenvalue weighted by molar-refractivity contribution is -0.393. The van der Waals surface area contributed by atoms with E-state index in [1.54, 1.807) is 0 Å². The standard InChI is InChI=1S/C41H52N8O10/c1-23(42-43-28-10-7-24(46(52)53)21-30(28)48(56)57)26-13-18-41(36(50)51)20-19-39(5)27(35(26)41)9-12-33-38(4)16-15-34(37(2,3)32(38)14-17-40(33,39)6)45-44-29-11-8-25(47(54)55)22-31(29)49(58)59/h7-8,10-11,21-22,26-27,32-33,35,43-44H,9,12-20H2,1-6H3,(H,50,51)/b42-23+,45-34-/t26-,27+,32-,33+,35+,38-,39+,40+,41-/m0/s1. The number of benzene rings is 2. The van der Waals surface area contributed by atoms with Crippen molar-refractivity contribution < 1.29 is 29.6 Å². The number of carboxylic acids is 1. The lowest BCUT2D eigenvalue weighted by atomic mass is 9.32. The maximum Gasteiger partial charge on any atom is 0.309 e. The Bertz CT molecular complexity index is 2210. The van der Waals surface area contributed by atoms with Crippen LogP contribution in [0.4, 0.5) is 34.1 Å². The summed E-state index contributed by atoms with van der Waals surface area (Å²) in [5.41, 5.74) is 4.02. The predicted molar refractivity (Wildman–Crippen MR) is 219 cm³/mol. The number of nitrogens with one attached hydrogen (secondary N) is 2. The number of hydrazone groups is 2. The number of fused-ring (bicyclic) bond motifs is 7. The van der Waals surface area contributed by atoms with Gasteiger partial charge in [0.1, 0.15) is 11.4 Å². The highest BCUT2D eigenvalue weighted by Gasteiger charge is 2.72. The molecule has 2 aromatic rings. The van der Waals surface area contributed by atoms with Gasteiger partial charge in [-0.3, -0.25) is 56.1 Å². The maximum atomic E-state index is 13.4. The van der Waals surface area contributed by atoms with Gasteiger partial charge in [0.2, 0.25) is 0 Å². The molecule has 3 N–H and O–H groups in total. The summed E-state index contributed by atoms with van der Waals surface area (Å²) in [4.78, 5) is 56.9. The molecule has 0 aromatic heterocycles. The van der Waals surface area contributed by atoms with Gasteiger partial charge in [-0.1, -0.05) is 34.6 Å². The Morgan fingerprint density at radius 2 is 1.31 bits per heavy atom. The molecule has 5 saturated carbocycles. The lowest BCUT2D eigenvalue weighted by Gasteiger charge is -2.72. The summed E-state index contributed by atoms with van der Waals surface area (Å²) >= 11 is 0. The van der Waals surface area contributed by atoms with Crippen LogP contribution in [0.1, 0.15) is 106 Å². The topological polar surface area (TPSA) is 259 Å². The third-order valence-corrected chi connectivity index (χ3v) is 16.6. The number of carboxylic acid groups (broad SMARTS) is 1. The van der Waals surface area contributed by atoms with E-state index in [9.17, 15) is 50.4 Å². The molecule has 2 aromatic carbocycles. The molecule has 9 atom stereocenters. The summed E-state index contributed by atoms with van der Waals surface area (Å²) in [6.45, 7) is 13.5. The van der Waals surface area contributed by atoms with Gasteiger partial charge in [-0.05, 0) is 123 Å². The van der Waals surface area contributed by atoms with Crippen molar-refractivity contribution in [1.82, 2.24) is 0 Å². The minimum Gasteiger partial charge on any atom is -0.481 e. The lowest BCUT2D eigenvalue weighted by Crippen LogP contribution is -2.66. The predicted octanol–water partition coefficient (Wildman–Crippen LogP) is 9.74. The van der Waals surface area contributed by atoms with Gasteiger partial charge in [0.25, 0.3) is 11.4 Å². The van der Waals surface area contributed by atoms with Crippen LogP contribution in [0.2, 0.25) is 0 Å². The molecular formula is C41H52N8O10. The van der Waals surface area contributed by atoms with Crippen LogP contribution >= 0.6 is 0 Å².